The number of methoxy groups -OCH3 is 1. The van der Waals surface area contributed by atoms with Crippen molar-refractivity contribution < 1.29 is 14.5 Å². The molecule has 5 nitrogen and oxygen atoms in total. The minimum absolute atomic E-state index is 0.124. The van der Waals surface area contributed by atoms with E-state index in [4.69, 9.17) is 0 Å². The molecule has 0 radical (unpaired) electrons. The van der Waals surface area contributed by atoms with Crippen LogP contribution in [0, 0.1) is 10.1 Å². The fourth-order valence-corrected chi connectivity index (χ4v) is 2.65. The molecule has 19 heavy (non-hydrogen) atoms. The van der Waals surface area contributed by atoms with Crippen LogP contribution in [0.5, 0.6) is 0 Å². The Morgan fingerprint density at radius 1 is 1.53 bits per heavy atom. The topological polar surface area (TPSA) is 69.4 Å². The van der Waals surface area contributed by atoms with Crippen LogP contribution in [0.3, 0.4) is 0 Å². The van der Waals surface area contributed by atoms with E-state index in [1.165, 1.54) is 13.2 Å². The van der Waals surface area contributed by atoms with E-state index >= 15 is 0 Å². The number of nitro groups is 1. The number of nitrogens with zero attached hydrogens (tertiary/aromatic N) is 1. The van der Waals surface area contributed by atoms with Crippen molar-refractivity contribution >= 4 is 32.4 Å². The smallest absolute Gasteiger partial charge is 0.330 e. The van der Waals surface area contributed by atoms with E-state index in [1.807, 2.05) is 18.2 Å². The molecule has 0 aliphatic rings. The summed E-state index contributed by atoms with van der Waals surface area (Å²) >= 11 is 1.15. The van der Waals surface area contributed by atoms with E-state index in [0.29, 0.717) is 6.42 Å². The Morgan fingerprint density at radius 3 is 3.00 bits per heavy atom. The number of fused-ring (bicyclic) bond motifs is 1. The average molecular weight is 277 g/mol. The van der Waals surface area contributed by atoms with Crippen molar-refractivity contribution in [1.29, 1.82) is 0 Å². The highest BCUT2D eigenvalue weighted by Gasteiger charge is 2.12. The van der Waals surface area contributed by atoms with Gasteiger partial charge in [-0.3, -0.25) is 10.1 Å². The molecule has 1 heterocycles. The zero-order chi connectivity index (χ0) is 13.8. The highest BCUT2D eigenvalue weighted by molar-refractivity contribution is 7.22. The summed E-state index contributed by atoms with van der Waals surface area (Å²) in [5, 5.41) is 11.7. The van der Waals surface area contributed by atoms with Crippen LogP contribution in [0.2, 0.25) is 0 Å². The summed E-state index contributed by atoms with van der Waals surface area (Å²) in [5.74, 6) is -0.413. The number of benzene rings is 1. The second kappa shape index (κ2) is 5.62. The molecule has 1 aromatic heterocycles. The Hall–Kier alpha value is -2.21. The van der Waals surface area contributed by atoms with Gasteiger partial charge in [-0.05, 0) is 18.1 Å². The molecule has 6 heteroatoms. The van der Waals surface area contributed by atoms with Gasteiger partial charge < -0.3 is 4.74 Å². The maximum atomic E-state index is 11.0. The first-order valence-electron chi connectivity index (χ1n) is 5.52. The maximum Gasteiger partial charge on any atom is 0.330 e. The molecular formula is C13H11NO4S. The number of hydrogen-bond donors (Lipinski definition) is 0. The van der Waals surface area contributed by atoms with Crippen LogP contribution in [-0.2, 0) is 16.0 Å². The second-order valence-electron chi connectivity index (χ2n) is 3.80. The van der Waals surface area contributed by atoms with Gasteiger partial charge in [0, 0.05) is 22.2 Å². The molecule has 0 N–H and O–H groups in total. The largest absolute Gasteiger partial charge is 0.466 e. The Bertz CT molecular complexity index is 660. The molecule has 1 aromatic carbocycles. The van der Waals surface area contributed by atoms with Gasteiger partial charge in [-0.1, -0.05) is 29.5 Å². The molecule has 2 aromatic rings. The van der Waals surface area contributed by atoms with E-state index < -0.39 is 10.9 Å². The van der Waals surface area contributed by atoms with Crippen molar-refractivity contribution in [2.45, 2.75) is 6.42 Å². The van der Waals surface area contributed by atoms with Gasteiger partial charge in [0.05, 0.1) is 12.0 Å². The molecule has 0 bridgehead atoms. The monoisotopic (exact) mass is 277 g/mol. The summed E-state index contributed by atoms with van der Waals surface area (Å²) in [6.07, 6.45) is 3.56. The molecule has 0 aliphatic heterocycles. The predicted molar refractivity (Wildman–Crippen MR) is 73.3 cm³/mol. The number of esters is 1. The van der Waals surface area contributed by atoms with Crippen molar-refractivity contribution in [2.24, 2.45) is 0 Å². The SMILES string of the molecule is COC(=O)/C=C/Cc1cccc2sc([N+](=O)[O-])cc12. The van der Waals surface area contributed by atoms with Gasteiger partial charge in [0.1, 0.15) is 0 Å². The summed E-state index contributed by atoms with van der Waals surface area (Å²) in [6.45, 7) is 0. The fraction of sp³-hybridized carbons (Fsp3) is 0.154. The lowest BCUT2D eigenvalue weighted by atomic mass is 10.1. The van der Waals surface area contributed by atoms with Crippen LogP contribution in [-0.4, -0.2) is 18.0 Å². The maximum absolute atomic E-state index is 11.0. The molecule has 2 rings (SSSR count). The molecule has 0 fully saturated rings. The zero-order valence-electron chi connectivity index (χ0n) is 10.2. The van der Waals surface area contributed by atoms with Crippen LogP contribution in [0.25, 0.3) is 10.1 Å². The lowest BCUT2D eigenvalue weighted by Crippen LogP contribution is -1.94. The molecule has 0 aliphatic carbocycles. The van der Waals surface area contributed by atoms with E-state index in [1.54, 1.807) is 12.1 Å². The van der Waals surface area contributed by atoms with Gasteiger partial charge in [0.25, 0.3) is 0 Å². The first kappa shape index (κ1) is 13.2. The number of carbonyl (C=O) groups is 1. The first-order valence-corrected chi connectivity index (χ1v) is 6.34. The molecule has 98 valence electrons. The van der Waals surface area contributed by atoms with Crippen molar-refractivity contribution in [3.05, 3.63) is 52.1 Å². The third kappa shape index (κ3) is 2.97. The van der Waals surface area contributed by atoms with Crippen molar-refractivity contribution in [1.82, 2.24) is 0 Å². The normalized spacial score (nSPS) is 11.0. The molecule has 0 spiro atoms. The van der Waals surface area contributed by atoms with Crippen LogP contribution in [0.15, 0.2) is 36.4 Å². The summed E-state index contributed by atoms with van der Waals surface area (Å²) < 4.78 is 5.37. The third-order valence-corrected chi connectivity index (χ3v) is 3.66. The average Bonchev–Trinajstić information content (AvgIpc) is 2.83. The number of rotatable bonds is 4. The van der Waals surface area contributed by atoms with E-state index in [0.717, 1.165) is 27.0 Å². The number of ether oxygens (including phenoxy) is 1. The minimum atomic E-state index is -0.413. The van der Waals surface area contributed by atoms with E-state index in [-0.39, 0.29) is 5.00 Å². The molecule has 0 amide bonds. The number of allylic oxidation sites excluding steroid dienone is 1. The van der Waals surface area contributed by atoms with Gasteiger partial charge in [-0.2, -0.15) is 0 Å². The molecule has 0 atom stereocenters. The lowest BCUT2D eigenvalue weighted by Gasteiger charge is -1.98. The zero-order valence-corrected chi connectivity index (χ0v) is 11.0. The predicted octanol–water partition coefficient (Wildman–Crippen LogP) is 3.08. The van der Waals surface area contributed by atoms with Crippen molar-refractivity contribution in [3.8, 4) is 0 Å². The standard InChI is InChI=1S/C13H11NO4S/c1-18-13(15)7-3-5-9-4-2-6-11-10(9)8-12(19-11)14(16)17/h2-4,6-8H,5H2,1H3/b7-3+. The van der Waals surface area contributed by atoms with Crippen molar-refractivity contribution in [2.75, 3.05) is 7.11 Å². The van der Waals surface area contributed by atoms with Crippen LogP contribution in [0.1, 0.15) is 5.56 Å². The molecule has 0 unspecified atom stereocenters. The Balaban J connectivity index is 2.30. The lowest BCUT2D eigenvalue weighted by molar-refractivity contribution is -0.380. The summed E-state index contributed by atoms with van der Waals surface area (Å²) in [6, 6.07) is 7.16. The fourth-order valence-electron chi connectivity index (χ4n) is 1.73. The first-order chi connectivity index (χ1) is 9.11. The molecule has 0 saturated carbocycles. The minimum Gasteiger partial charge on any atom is -0.466 e. The van der Waals surface area contributed by atoms with Gasteiger partial charge in [0.15, 0.2) is 0 Å². The van der Waals surface area contributed by atoms with Gasteiger partial charge in [0.2, 0.25) is 0 Å². The quantitative estimate of drug-likeness (QED) is 0.373. The third-order valence-electron chi connectivity index (χ3n) is 2.61. The highest BCUT2D eigenvalue weighted by atomic mass is 32.1. The summed E-state index contributed by atoms with van der Waals surface area (Å²) in [5.41, 5.74) is 0.946. The van der Waals surface area contributed by atoms with Crippen LogP contribution < -0.4 is 0 Å². The molecule has 0 saturated heterocycles. The molecular weight excluding hydrogens is 266 g/mol. The number of thiophene rings is 1. The number of carbonyl (C=O) groups excluding carboxylic acids is 1. The Kier molecular flexibility index (Phi) is 3.91. The van der Waals surface area contributed by atoms with Crippen molar-refractivity contribution in [3.63, 3.8) is 0 Å². The summed E-state index contributed by atoms with van der Waals surface area (Å²) in [7, 11) is 1.32. The van der Waals surface area contributed by atoms with Gasteiger partial charge >= 0.3 is 11.0 Å². The number of hydrogen-bond acceptors (Lipinski definition) is 5. The summed E-state index contributed by atoms with van der Waals surface area (Å²) in [4.78, 5) is 21.3. The van der Waals surface area contributed by atoms with Crippen LogP contribution in [0.4, 0.5) is 5.00 Å². The van der Waals surface area contributed by atoms with Crippen LogP contribution >= 0.6 is 11.3 Å². The van der Waals surface area contributed by atoms with E-state index in [2.05, 4.69) is 4.74 Å². The van der Waals surface area contributed by atoms with Gasteiger partial charge in [-0.25, -0.2) is 4.79 Å². The second-order valence-corrected chi connectivity index (χ2v) is 4.86. The Morgan fingerprint density at radius 2 is 2.32 bits per heavy atom. The van der Waals surface area contributed by atoms with E-state index in [9.17, 15) is 14.9 Å². The Labute approximate surface area is 113 Å². The highest BCUT2D eigenvalue weighted by Crippen LogP contribution is 2.33. The van der Waals surface area contributed by atoms with Gasteiger partial charge in [-0.15, -0.1) is 0 Å².